The molecule has 1 rings (SSSR count). The highest BCUT2D eigenvalue weighted by Crippen LogP contribution is 2.28. The van der Waals surface area contributed by atoms with Crippen molar-refractivity contribution in [2.45, 2.75) is 24.6 Å². The molecular weight excluding hydrogens is 240 g/mol. The van der Waals surface area contributed by atoms with Gasteiger partial charge in [0.05, 0.1) is 0 Å². The molecule has 0 radical (unpaired) electrons. The van der Waals surface area contributed by atoms with E-state index in [1.165, 1.54) is 17.7 Å². The van der Waals surface area contributed by atoms with E-state index in [0.717, 1.165) is 6.54 Å². The van der Waals surface area contributed by atoms with Crippen LogP contribution in [0.3, 0.4) is 0 Å². The van der Waals surface area contributed by atoms with Crippen molar-refractivity contribution in [3.8, 4) is 0 Å². The number of rotatable bonds is 8. The van der Waals surface area contributed by atoms with E-state index in [9.17, 15) is 0 Å². The van der Waals surface area contributed by atoms with Crippen molar-refractivity contribution >= 4 is 11.8 Å². The van der Waals surface area contributed by atoms with Crippen molar-refractivity contribution in [1.29, 1.82) is 0 Å². The first kappa shape index (κ1) is 15.5. The highest BCUT2D eigenvalue weighted by atomic mass is 32.2. The van der Waals surface area contributed by atoms with E-state index in [1.54, 1.807) is 0 Å². The summed E-state index contributed by atoms with van der Waals surface area (Å²) in [6, 6.07) is 11.2. The first-order valence-electron chi connectivity index (χ1n) is 6.67. The van der Waals surface area contributed by atoms with Gasteiger partial charge in [0.25, 0.3) is 0 Å². The highest BCUT2D eigenvalue weighted by molar-refractivity contribution is 7.99. The molecule has 0 saturated carbocycles. The first-order valence-corrected chi connectivity index (χ1v) is 7.72. The van der Waals surface area contributed by atoms with Crippen LogP contribution in [-0.4, -0.2) is 43.6 Å². The third kappa shape index (κ3) is 5.01. The topological polar surface area (TPSA) is 15.3 Å². The SMILES string of the molecule is CCC(SCCN(C)C)C(NC)c1ccccc1. The van der Waals surface area contributed by atoms with Gasteiger partial charge in [0.15, 0.2) is 0 Å². The second kappa shape index (κ2) is 8.57. The minimum absolute atomic E-state index is 0.448. The lowest BCUT2D eigenvalue weighted by Gasteiger charge is -2.26. The van der Waals surface area contributed by atoms with E-state index in [-0.39, 0.29) is 0 Å². The largest absolute Gasteiger partial charge is 0.312 e. The molecule has 3 heteroatoms. The van der Waals surface area contributed by atoms with Gasteiger partial charge >= 0.3 is 0 Å². The highest BCUT2D eigenvalue weighted by Gasteiger charge is 2.20. The van der Waals surface area contributed by atoms with Gasteiger partial charge in [-0.05, 0) is 33.1 Å². The van der Waals surface area contributed by atoms with Crippen LogP contribution in [0.15, 0.2) is 30.3 Å². The Morgan fingerprint density at radius 3 is 2.39 bits per heavy atom. The van der Waals surface area contributed by atoms with Gasteiger partial charge in [-0.2, -0.15) is 11.8 Å². The third-order valence-corrected chi connectivity index (χ3v) is 4.57. The van der Waals surface area contributed by atoms with Gasteiger partial charge in [0.2, 0.25) is 0 Å². The van der Waals surface area contributed by atoms with Crippen molar-refractivity contribution < 1.29 is 0 Å². The maximum Gasteiger partial charge on any atom is 0.0438 e. The maximum absolute atomic E-state index is 3.47. The molecule has 1 aromatic rings. The Bertz CT molecular complexity index is 314. The summed E-state index contributed by atoms with van der Waals surface area (Å²) in [6.07, 6.45) is 1.19. The Hall–Kier alpha value is -0.510. The summed E-state index contributed by atoms with van der Waals surface area (Å²) in [7, 11) is 6.33. The van der Waals surface area contributed by atoms with Crippen LogP contribution in [0.4, 0.5) is 0 Å². The molecule has 0 spiro atoms. The molecule has 1 aromatic carbocycles. The molecule has 2 unspecified atom stereocenters. The van der Waals surface area contributed by atoms with Crippen LogP contribution < -0.4 is 5.32 Å². The number of benzene rings is 1. The fourth-order valence-electron chi connectivity index (χ4n) is 2.06. The molecule has 0 fully saturated rings. The Labute approximate surface area is 116 Å². The lowest BCUT2D eigenvalue weighted by atomic mass is 10.0. The van der Waals surface area contributed by atoms with Crippen LogP contribution in [0.25, 0.3) is 0 Å². The zero-order valence-corrected chi connectivity index (χ0v) is 12.8. The van der Waals surface area contributed by atoms with Gasteiger partial charge in [-0.15, -0.1) is 0 Å². The van der Waals surface area contributed by atoms with Gasteiger partial charge in [-0.25, -0.2) is 0 Å². The molecule has 0 bridgehead atoms. The monoisotopic (exact) mass is 266 g/mol. The standard InChI is InChI=1S/C15H26N2S/c1-5-14(18-12-11-17(3)4)15(16-2)13-9-7-6-8-10-13/h6-10,14-16H,5,11-12H2,1-4H3. The second-order valence-electron chi connectivity index (χ2n) is 4.80. The van der Waals surface area contributed by atoms with E-state index in [2.05, 4.69) is 80.4 Å². The van der Waals surface area contributed by atoms with Gasteiger partial charge in [0.1, 0.15) is 0 Å². The third-order valence-electron chi connectivity index (χ3n) is 3.11. The van der Waals surface area contributed by atoms with E-state index >= 15 is 0 Å². The van der Waals surface area contributed by atoms with Crippen LogP contribution in [0.5, 0.6) is 0 Å². The van der Waals surface area contributed by atoms with Crippen LogP contribution in [-0.2, 0) is 0 Å². The first-order chi connectivity index (χ1) is 8.69. The number of nitrogens with one attached hydrogen (secondary N) is 1. The molecule has 0 heterocycles. The van der Waals surface area contributed by atoms with E-state index < -0.39 is 0 Å². The predicted molar refractivity (Wildman–Crippen MR) is 83.3 cm³/mol. The summed E-state index contributed by atoms with van der Waals surface area (Å²) in [4.78, 5) is 2.25. The zero-order chi connectivity index (χ0) is 13.4. The summed E-state index contributed by atoms with van der Waals surface area (Å²) in [5.41, 5.74) is 1.39. The average molecular weight is 266 g/mol. The number of thioether (sulfide) groups is 1. The molecule has 1 N–H and O–H groups in total. The minimum Gasteiger partial charge on any atom is -0.312 e. The van der Waals surface area contributed by atoms with Crippen molar-refractivity contribution in [2.24, 2.45) is 0 Å². The normalized spacial score (nSPS) is 14.7. The quantitative estimate of drug-likeness (QED) is 0.778. The number of hydrogen-bond donors (Lipinski definition) is 1. The minimum atomic E-state index is 0.448. The molecule has 2 nitrogen and oxygen atoms in total. The van der Waals surface area contributed by atoms with E-state index in [1.807, 2.05) is 0 Å². The lowest BCUT2D eigenvalue weighted by Crippen LogP contribution is -2.28. The van der Waals surface area contributed by atoms with Crippen LogP contribution in [0.1, 0.15) is 24.9 Å². The van der Waals surface area contributed by atoms with Gasteiger partial charge in [-0.3, -0.25) is 0 Å². The van der Waals surface area contributed by atoms with Crippen molar-refractivity contribution in [1.82, 2.24) is 10.2 Å². The van der Waals surface area contributed by atoms with Crippen LogP contribution >= 0.6 is 11.8 Å². The number of nitrogens with zero attached hydrogens (tertiary/aromatic N) is 1. The fourth-order valence-corrected chi connectivity index (χ4v) is 3.56. The molecule has 18 heavy (non-hydrogen) atoms. The fraction of sp³-hybridized carbons (Fsp3) is 0.600. The maximum atomic E-state index is 3.47. The van der Waals surface area contributed by atoms with Gasteiger partial charge < -0.3 is 10.2 Å². The zero-order valence-electron chi connectivity index (χ0n) is 12.0. The molecule has 0 aliphatic carbocycles. The summed E-state index contributed by atoms with van der Waals surface area (Å²) in [5.74, 6) is 1.19. The van der Waals surface area contributed by atoms with E-state index in [4.69, 9.17) is 0 Å². The summed E-state index contributed by atoms with van der Waals surface area (Å²) in [6.45, 7) is 3.42. The Morgan fingerprint density at radius 2 is 1.89 bits per heavy atom. The smallest absolute Gasteiger partial charge is 0.0438 e. The molecule has 0 amide bonds. The molecular formula is C15H26N2S. The predicted octanol–water partition coefficient (Wildman–Crippen LogP) is 3.02. The van der Waals surface area contributed by atoms with Crippen LogP contribution in [0.2, 0.25) is 0 Å². The lowest BCUT2D eigenvalue weighted by molar-refractivity contribution is 0.436. The van der Waals surface area contributed by atoms with Crippen molar-refractivity contribution in [3.63, 3.8) is 0 Å². The number of hydrogen-bond acceptors (Lipinski definition) is 3. The Kier molecular flexibility index (Phi) is 7.40. The van der Waals surface area contributed by atoms with Crippen LogP contribution in [0, 0.1) is 0 Å². The van der Waals surface area contributed by atoms with Gasteiger partial charge in [-0.1, -0.05) is 37.3 Å². The van der Waals surface area contributed by atoms with E-state index in [0.29, 0.717) is 11.3 Å². The second-order valence-corrected chi connectivity index (χ2v) is 6.14. The van der Waals surface area contributed by atoms with Gasteiger partial charge in [0, 0.05) is 23.6 Å². The molecule has 0 saturated heterocycles. The molecule has 2 atom stereocenters. The molecule has 102 valence electrons. The Morgan fingerprint density at radius 1 is 1.22 bits per heavy atom. The summed E-state index contributed by atoms with van der Waals surface area (Å²) in [5, 5.41) is 4.11. The average Bonchev–Trinajstić information content (AvgIpc) is 2.38. The molecule has 0 aromatic heterocycles. The van der Waals surface area contributed by atoms with Crippen molar-refractivity contribution in [3.05, 3.63) is 35.9 Å². The summed E-state index contributed by atoms with van der Waals surface area (Å²) >= 11 is 2.07. The Balaban J connectivity index is 2.60. The molecule has 0 aliphatic rings. The molecule has 0 aliphatic heterocycles. The van der Waals surface area contributed by atoms with Crippen molar-refractivity contribution in [2.75, 3.05) is 33.4 Å². The summed E-state index contributed by atoms with van der Waals surface area (Å²) < 4.78 is 0.